The van der Waals surface area contributed by atoms with Crippen LogP contribution in [-0.2, 0) is 0 Å². The van der Waals surface area contributed by atoms with E-state index in [-0.39, 0.29) is 12.1 Å². The molecule has 1 heterocycles. The van der Waals surface area contributed by atoms with Gasteiger partial charge in [-0.2, -0.15) is 0 Å². The van der Waals surface area contributed by atoms with Crippen molar-refractivity contribution in [2.24, 2.45) is 10.5 Å². The van der Waals surface area contributed by atoms with Gasteiger partial charge in [-0.1, -0.05) is 12.0 Å². The number of piperidine rings is 1. The summed E-state index contributed by atoms with van der Waals surface area (Å²) in [6.07, 6.45) is 1.81. The van der Waals surface area contributed by atoms with Gasteiger partial charge < -0.3 is 4.90 Å². The van der Waals surface area contributed by atoms with Crippen LogP contribution in [0.4, 0.5) is 4.39 Å². The van der Waals surface area contributed by atoms with Crippen molar-refractivity contribution in [1.29, 1.82) is 0 Å². The molecule has 4 nitrogen and oxygen atoms in total. The Bertz CT molecular complexity index is 217. The summed E-state index contributed by atoms with van der Waals surface area (Å²) in [5.74, 6) is 0. The van der Waals surface area contributed by atoms with Crippen LogP contribution in [0.15, 0.2) is 5.11 Å². The van der Waals surface area contributed by atoms with Crippen molar-refractivity contribution in [2.45, 2.75) is 19.8 Å². The van der Waals surface area contributed by atoms with Crippen LogP contribution < -0.4 is 0 Å². The molecule has 1 fully saturated rings. The van der Waals surface area contributed by atoms with Crippen LogP contribution in [0.2, 0.25) is 0 Å². The Labute approximate surface area is 83.7 Å². The van der Waals surface area contributed by atoms with E-state index >= 15 is 0 Å². The van der Waals surface area contributed by atoms with Gasteiger partial charge >= 0.3 is 0 Å². The number of nitrogens with zero attached hydrogens (tertiary/aromatic N) is 4. The molecule has 0 aromatic carbocycles. The first kappa shape index (κ1) is 11.3. The summed E-state index contributed by atoms with van der Waals surface area (Å²) in [6.45, 7) is 4.92. The van der Waals surface area contributed by atoms with Crippen LogP contribution in [0.25, 0.3) is 10.4 Å². The molecule has 0 bridgehead atoms. The first-order valence-electron chi connectivity index (χ1n) is 4.99. The highest BCUT2D eigenvalue weighted by atomic mass is 19.1. The lowest BCUT2D eigenvalue weighted by molar-refractivity contribution is 0.0953. The first-order valence-corrected chi connectivity index (χ1v) is 4.99. The van der Waals surface area contributed by atoms with Gasteiger partial charge in [0.05, 0.1) is 6.67 Å². The van der Waals surface area contributed by atoms with Crippen LogP contribution in [0, 0.1) is 5.41 Å². The smallest absolute Gasteiger partial charge is 0.0948 e. The summed E-state index contributed by atoms with van der Waals surface area (Å²) in [7, 11) is 0. The molecular formula is C9H17FN4. The maximum absolute atomic E-state index is 12.6. The fourth-order valence-electron chi connectivity index (χ4n) is 1.68. The van der Waals surface area contributed by atoms with Gasteiger partial charge in [-0.05, 0) is 36.9 Å². The Morgan fingerprint density at radius 1 is 1.50 bits per heavy atom. The zero-order valence-electron chi connectivity index (χ0n) is 8.62. The van der Waals surface area contributed by atoms with Crippen molar-refractivity contribution in [3.05, 3.63) is 10.4 Å². The summed E-state index contributed by atoms with van der Waals surface area (Å²) in [5.41, 5.74) is 7.99. The van der Waals surface area contributed by atoms with Crippen molar-refractivity contribution in [2.75, 3.05) is 32.9 Å². The van der Waals surface area contributed by atoms with E-state index in [2.05, 4.69) is 14.9 Å². The Morgan fingerprint density at radius 2 is 2.14 bits per heavy atom. The van der Waals surface area contributed by atoms with Gasteiger partial charge in [-0.3, -0.25) is 4.39 Å². The molecule has 1 aliphatic rings. The van der Waals surface area contributed by atoms with Crippen molar-refractivity contribution in [3.8, 4) is 0 Å². The highest BCUT2D eigenvalue weighted by Gasteiger charge is 2.29. The normalized spacial score (nSPS) is 21.6. The molecule has 0 N–H and O–H groups in total. The molecule has 0 saturated carbocycles. The topological polar surface area (TPSA) is 52.0 Å². The lowest BCUT2D eigenvalue weighted by Gasteiger charge is -2.37. The minimum Gasteiger partial charge on any atom is -0.303 e. The molecule has 0 unspecified atom stereocenters. The maximum Gasteiger partial charge on any atom is 0.0948 e. The summed E-state index contributed by atoms with van der Waals surface area (Å²) >= 11 is 0. The predicted octanol–water partition coefficient (Wildman–Crippen LogP) is 2.37. The summed E-state index contributed by atoms with van der Waals surface area (Å²) < 4.78 is 12.6. The van der Waals surface area contributed by atoms with Crippen molar-refractivity contribution in [3.63, 3.8) is 0 Å². The molecule has 0 radical (unpaired) electrons. The third-order valence-corrected chi connectivity index (χ3v) is 2.97. The Morgan fingerprint density at radius 3 is 2.64 bits per heavy atom. The van der Waals surface area contributed by atoms with Gasteiger partial charge in [-0.15, -0.1) is 0 Å². The molecule has 80 valence electrons. The van der Waals surface area contributed by atoms with E-state index in [1.54, 1.807) is 0 Å². The van der Waals surface area contributed by atoms with E-state index in [0.717, 1.165) is 32.5 Å². The summed E-state index contributed by atoms with van der Waals surface area (Å²) in [4.78, 5) is 4.93. The van der Waals surface area contributed by atoms with Crippen LogP contribution in [-0.4, -0.2) is 37.8 Å². The van der Waals surface area contributed by atoms with Crippen molar-refractivity contribution < 1.29 is 4.39 Å². The average molecular weight is 200 g/mol. The molecular weight excluding hydrogens is 183 g/mol. The van der Waals surface area contributed by atoms with Gasteiger partial charge in [0.1, 0.15) is 0 Å². The molecule has 0 aromatic heterocycles. The summed E-state index contributed by atoms with van der Waals surface area (Å²) in [6, 6.07) is 0. The SMILES string of the molecule is CC1(CF)CCN(CCN=[N+]=[N-])CC1. The van der Waals surface area contributed by atoms with Crippen LogP contribution in [0.1, 0.15) is 19.8 Å². The number of hydrogen-bond donors (Lipinski definition) is 0. The average Bonchev–Trinajstić information content (AvgIpc) is 2.22. The fourth-order valence-corrected chi connectivity index (χ4v) is 1.68. The van der Waals surface area contributed by atoms with Gasteiger partial charge in [-0.25, -0.2) is 0 Å². The molecule has 0 atom stereocenters. The third-order valence-electron chi connectivity index (χ3n) is 2.97. The van der Waals surface area contributed by atoms with Gasteiger partial charge in [0.2, 0.25) is 0 Å². The number of azide groups is 1. The fraction of sp³-hybridized carbons (Fsp3) is 1.00. The van der Waals surface area contributed by atoms with Gasteiger partial charge in [0.25, 0.3) is 0 Å². The number of alkyl halides is 1. The molecule has 0 spiro atoms. The standard InChI is InChI=1S/C9H17FN4/c1-9(8-10)2-5-14(6-3-9)7-4-12-13-11/h2-8H2,1H3. The van der Waals surface area contributed by atoms with Crippen molar-refractivity contribution >= 4 is 0 Å². The van der Waals surface area contributed by atoms with E-state index in [9.17, 15) is 4.39 Å². The van der Waals surface area contributed by atoms with E-state index in [0.29, 0.717) is 6.54 Å². The predicted molar refractivity (Wildman–Crippen MR) is 53.8 cm³/mol. The first-order chi connectivity index (χ1) is 6.70. The molecule has 1 rings (SSSR count). The zero-order chi connectivity index (χ0) is 10.4. The summed E-state index contributed by atoms with van der Waals surface area (Å²) in [5, 5.41) is 3.49. The Kier molecular flexibility index (Phi) is 4.17. The van der Waals surface area contributed by atoms with E-state index in [1.165, 1.54) is 0 Å². The lowest BCUT2D eigenvalue weighted by Crippen LogP contribution is -2.40. The quantitative estimate of drug-likeness (QED) is 0.390. The molecule has 1 aliphatic heterocycles. The largest absolute Gasteiger partial charge is 0.303 e. The zero-order valence-corrected chi connectivity index (χ0v) is 8.62. The second-order valence-electron chi connectivity index (χ2n) is 4.24. The molecule has 0 aliphatic carbocycles. The molecule has 14 heavy (non-hydrogen) atoms. The Balaban J connectivity index is 2.25. The minimum atomic E-state index is -0.225. The van der Waals surface area contributed by atoms with Crippen LogP contribution in [0.3, 0.4) is 0 Å². The Hall–Kier alpha value is -0.800. The second kappa shape index (κ2) is 5.17. The lowest BCUT2D eigenvalue weighted by atomic mass is 9.82. The molecule has 1 saturated heterocycles. The molecule has 0 aromatic rings. The van der Waals surface area contributed by atoms with Crippen LogP contribution in [0.5, 0.6) is 0 Å². The van der Waals surface area contributed by atoms with Gasteiger partial charge in [0, 0.05) is 18.0 Å². The molecule has 5 heteroatoms. The minimum absolute atomic E-state index is 0.116. The van der Waals surface area contributed by atoms with Crippen LogP contribution >= 0.6 is 0 Å². The number of halogens is 1. The number of rotatable bonds is 4. The highest BCUT2D eigenvalue weighted by molar-refractivity contribution is 4.81. The van der Waals surface area contributed by atoms with E-state index in [1.807, 2.05) is 6.92 Å². The maximum atomic E-state index is 12.6. The van der Waals surface area contributed by atoms with Crippen molar-refractivity contribution in [1.82, 2.24) is 4.90 Å². The second-order valence-corrected chi connectivity index (χ2v) is 4.24. The van der Waals surface area contributed by atoms with E-state index in [4.69, 9.17) is 5.53 Å². The monoisotopic (exact) mass is 200 g/mol. The third kappa shape index (κ3) is 3.16. The highest BCUT2D eigenvalue weighted by Crippen LogP contribution is 2.30. The number of hydrogen-bond acceptors (Lipinski definition) is 2. The number of likely N-dealkylation sites (tertiary alicyclic amines) is 1. The van der Waals surface area contributed by atoms with Gasteiger partial charge in [0.15, 0.2) is 0 Å². The molecule has 0 amide bonds. The van der Waals surface area contributed by atoms with E-state index < -0.39 is 0 Å².